The van der Waals surface area contributed by atoms with Crippen molar-refractivity contribution in [3.8, 4) is 0 Å². The highest BCUT2D eigenvalue weighted by molar-refractivity contribution is 6.07. The summed E-state index contributed by atoms with van der Waals surface area (Å²) >= 11 is 0. The van der Waals surface area contributed by atoms with E-state index < -0.39 is 42.3 Å². The maximum atomic E-state index is 13.3. The normalized spacial score (nSPS) is 12.7. The summed E-state index contributed by atoms with van der Waals surface area (Å²) in [6, 6.07) is 10.4. The van der Waals surface area contributed by atoms with E-state index in [2.05, 4.69) is 4.99 Å². The van der Waals surface area contributed by atoms with Gasteiger partial charge < -0.3 is 32.0 Å². The molecule has 0 radical (unpaired) electrons. The molecule has 1 heterocycles. The van der Waals surface area contributed by atoms with E-state index in [1.54, 1.807) is 54.2 Å². The third-order valence-electron chi connectivity index (χ3n) is 5.75. The third kappa shape index (κ3) is 6.62. The standard InChI is InChI=1S/C26H28N6O6/c1-31-14-16(18-4-2-3-5-20(18)31)12-21(25(37)38)32(24(36)19(27)13-23(34)35)22(33)11-8-15-6-9-17(10-7-15)30-26(28)29/h2-11,14,19,21H,12-13,27H2,1H3,(H,34,35)(H,37,38)(H4,28,29,30)/t19-,21?/m0/s1. The summed E-state index contributed by atoms with van der Waals surface area (Å²) in [6.45, 7) is 0. The van der Waals surface area contributed by atoms with Crippen molar-refractivity contribution in [2.24, 2.45) is 29.2 Å². The van der Waals surface area contributed by atoms with Gasteiger partial charge in [0, 0.05) is 36.6 Å². The van der Waals surface area contributed by atoms with Gasteiger partial charge in [-0.2, -0.15) is 0 Å². The number of carboxylic acids is 2. The van der Waals surface area contributed by atoms with Crippen LogP contribution in [0.3, 0.4) is 0 Å². The maximum absolute atomic E-state index is 13.3. The number of benzene rings is 2. The monoisotopic (exact) mass is 520 g/mol. The fraction of sp³-hybridized carbons (Fsp3) is 0.192. The fourth-order valence-corrected chi connectivity index (χ4v) is 4.01. The molecule has 3 rings (SSSR count). The van der Waals surface area contributed by atoms with Gasteiger partial charge in [0.25, 0.3) is 5.91 Å². The molecule has 1 aromatic heterocycles. The molecule has 0 bridgehead atoms. The number of hydrogen-bond acceptors (Lipinski definition) is 6. The maximum Gasteiger partial charge on any atom is 0.327 e. The van der Waals surface area contributed by atoms with E-state index >= 15 is 0 Å². The number of aliphatic carboxylic acids is 2. The minimum absolute atomic E-state index is 0.124. The largest absolute Gasteiger partial charge is 0.481 e. The molecule has 12 nitrogen and oxygen atoms in total. The second kappa shape index (κ2) is 11.8. The zero-order valence-corrected chi connectivity index (χ0v) is 20.5. The highest BCUT2D eigenvalue weighted by atomic mass is 16.4. The first kappa shape index (κ1) is 27.6. The van der Waals surface area contributed by atoms with E-state index in [0.717, 1.165) is 17.0 Å². The Hall–Kier alpha value is -4.97. The number of amides is 2. The summed E-state index contributed by atoms with van der Waals surface area (Å²) in [5.41, 5.74) is 18.9. The van der Waals surface area contributed by atoms with Gasteiger partial charge in [0.05, 0.1) is 18.2 Å². The number of aromatic nitrogens is 1. The molecule has 0 fully saturated rings. The number of carboxylic acid groups (broad SMARTS) is 2. The average Bonchev–Trinajstić information content (AvgIpc) is 3.17. The molecule has 38 heavy (non-hydrogen) atoms. The number of nitrogens with zero attached hydrogens (tertiary/aromatic N) is 3. The predicted molar refractivity (Wildman–Crippen MR) is 141 cm³/mol. The fourth-order valence-electron chi connectivity index (χ4n) is 4.01. The van der Waals surface area contributed by atoms with Crippen LogP contribution >= 0.6 is 0 Å². The van der Waals surface area contributed by atoms with Gasteiger partial charge >= 0.3 is 11.9 Å². The molecule has 2 aromatic carbocycles. The van der Waals surface area contributed by atoms with E-state index in [4.69, 9.17) is 22.3 Å². The number of guanidine groups is 1. The Balaban J connectivity index is 1.97. The van der Waals surface area contributed by atoms with Crippen LogP contribution in [0.1, 0.15) is 17.5 Å². The average molecular weight is 521 g/mol. The number of rotatable bonds is 10. The molecule has 198 valence electrons. The van der Waals surface area contributed by atoms with Crippen molar-refractivity contribution in [1.82, 2.24) is 9.47 Å². The highest BCUT2D eigenvalue weighted by Crippen LogP contribution is 2.24. The molecule has 0 aliphatic rings. The molecule has 0 aliphatic heterocycles. The quantitative estimate of drug-likeness (QED) is 0.146. The number of carbonyl (C=O) groups is 4. The summed E-state index contributed by atoms with van der Waals surface area (Å²) in [5.74, 6) is -5.01. The SMILES string of the molecule is Cn1cc(CC(C(=O)O)N(C(=O)C=Cc2ccc(N=C(N)N)cc2)C(=O)[C@@H](N)CC(=O)O)c2ccccc21. The Kier molecular flexibility index (Phi) is 8.61. The summed E-state index contributed by atoms with van der Waals surface area (Å²) in [7, 11) is 1.79. The summed E-state index contributed by atoms with van der Waals surface area (Å²) in [4.78, 5) is 54.4. The van der Waals surface area contributed by atoms with Crippen LogP contribution in [-0.4, -0.2) is 61.5 Å². The minimum atomic E-state index is -1.64. The number of nitrogens with two attached hydrogens (primary N) is 3. The van der Waals surface area contributed by atoms with Gasteiger partial charge in [-0.25, -0.2) is 9.79 Å². The number of para-hydroxylation sites is 1. The topological polar surface area (TPSA) is 207 Å². The van der Waals surface area contributed by atoms with Crippen LogP contribution in [0.2, 0.25) is 0 Å². The van der Waals surface area contributed by atoms with Gasteiger partial charge in [-0.3, -0.25) is 19.3 Å². The van der Waals surface area contributed by atoms with Gasteiger partial charge in [0.1, 0.15) is 6.04 Å². The molecular formula is C26H28N6O6. The van der Waals surface area contributed by atoms with E-state index in [9.17, 15) is 24.3 Å². The van der Waals surface area contributed by atoms with E-state index in [1.807, 2.05) is 12.1 Å². The first-order valence-corrected chi connectivity index (χ1v) is 11.5. The van der Waals surface area contributed by atoms with Crippen LogP contribution in [0, 0.1) is 0 Å². The Bertz CT molecular complexity index is 1420. The van der Waals surface area contributed by atoms with Crippen LogP contribution < -0.4 is 17.2 Å². The summed E-state index contributed by atoms with van der Waals surface area (Å²) < 4.78 is 1.81. The molecule has 8 N–H and O–H groups in total. The lowest BCUT2D eigenvalue weighted by Crippen LogP contribution is -2.55. The lowest BCUT2D eigenvalue weighted by Gasteiger charge is -2.28. The molecule has 0 aliphatic carbocycles. The minimum Gasteiger partial charge on any atom is -0.481 e. The first-order valence-electron chi connectivity index (χ1n) is 11.5. The van der Waals surface area contributed by atoms with Gasteiger partial charge in [-0.05, 0) is 35.4 Å². The number of imide groups is 1. The van der Waals surface area contributed by atoms with Crippen molar-refractivity contribution in [2.75, 3.05) is 0 Å². The second-order valence-electron chi connectivity index (χ2n) is 8.55. The van der Waals surface area contributed by atoms with E-state index in [-0.39, 0.29) is 12.4 Å². The van der Waals surface area contributed by atoms with Gasteiger partial charge in [0.15, 0.2) is 5.96 Å². The molecule has 0 spiro atoms. The van der Waals surface area contributed by atoms with Gasteiger partial charge in [0.2, 0.25) is 5.91 Å². The first-order chi connectivity index (χ1) is 18.0. The van der Waals surface area contributed by atoms with Crippen LogP contribution in [-0.2, 0) is 32.6 Å². The van der Waals surface area contributed by atoms with Gasteiger partial charge in [-0.1, -0.05) is 30.3 Å². The molecule has 0 saturated carbocycles. The zero-order chi connectivity index (χ0) is 28.0. The smallest absolute Gasteiger partial charge is 0.327 e. The molecule has 2 amide bonds. The summed E-state index contributed by atoms with van der Waals surface area (Å²) in [6.07, 6.45) is 3.13. The highest BCUT2D eigenvalue weighted by Gasteiger charge is 2.37. The number of hydrogen-bond donors (Lipinski definition) is 5. The van der Waals surface area contributed by atoms with Crippen molar-refractivity contribution < 1.29 is 29.4 Å². The number of carbonyl (C=O) groups excluding carboxylic acids is 2. The Morgan fingerprint density at radius 1 is 1.05 bits per heavy atom. The van der Waals surface area contributed by atoms with Crippen LogP contribution in [0.15, 0.2) is 65.8 Å². The zero-order valence-electron chi connectivity index (χ0n) is 20.5. The Labute approximate surface area is 217 Å². The lowest BCUT2D eigenvalue weighted by molar-refractivity contribution is -0.157. The molecule has 0 saturated heterocycles. The van der Waals surface area contributed by atoms with Crippen molar-refractivity contribution in [2.45, 2.75) is 24.9 Å². The predicted octanol–water partition coefficient (Wildman–Crippen LogP) is 0.950. The third-order valence-corrected chi connectivity index (χ3v) is 5.75. The van der Waals surface area contributed by atoms with Crippen LogP contribution in [0.25, 0.3) is 17.0 Å². The van der Waals surface area contributed by atoms with E-state index in [0.29, 0.717) is 21.7 Å². The molecule has 1 unspecified atom stereocenters. The second-order valence-corrected chi connectivity index (χ2v) is 8.55. The number of aliphatic imine (C=N–C) groups is 1. The van der Waals surface area contributed by atoms with Crippen molar-refractivity contribution in [3.63, 3.8) is 0 Å². The summed E-state index contributed by atoms with van der Waals surface area (Å²) in [5, 5.41) is 19.9. The van der Waals surface area contributed by atoms with E-state index in [1.165, 1.54) is 6.08 Å². The van der Waals surface area contributed by atoms with Crippen molar-refractivity contribution in [3.05, 3.63) is 71.9 Å². The molecule has 12 heteroatoms. The van der Waals surface area contributed by atoms with Crippen molar-refractivity contribution in [1.29, 1.82) is 0 Å². The Morgan fingerprint density at radius 2 is 1.71 bits per heavy atom. The van der Waals surface area contributed by atoms with Gasteiger partial charge in [-0.15, -0.1) is 0 Å². The molecule has 2 atom stereocenters. The van der Waals surface area contributed by atoms with Crippen LogP contribution in [0.4, 0.5) is 5.69 Å². The van der Waals surface area contributed by atoms with Crippen LogP contribution in [0.5, 0.6) is 0 Å². The Morgan fingerprint density at radius 3 is 2.32 bits per heavy atom. The number of fused-ring (bicyclic) bond motifs is 1. The molecular weight excluding hydrogens is 492 g/mol. The molecule has 3 aromatic rings. The lowest BCUT2D eigenvalue weighted by atomic mass is 10.0. The number of aryl methyl sites for hydroxylation is 1. The van der Waals surface area contributed by atoms with Crippen molar-refractivity contribution >= 4 is 52.4 Å².